The summed E-state index contributed by atoms with van der Waals surface area (Å²) in [4.78, 5) is 27.9. The van der Waals surface area contributed by atoms with Crippen LogP contribution in [0.3, 0.4) is 0 Å². The van der Waals surface area contributed by atoms with E-state index in [-0.39, 0.29) is 17.0 Å². The van der Waals surface area contributed by atoms with Crippen molar-refractivity contribution in [1.82, 2.24) is 19.9 Å². The van der Waals surface area contributed by atoms with Crippen LogP contribution in [-0.4, -0.2) is 33.6 Å². The van der Waals surface area contributed by atoms with Crippen LogP contribution in [-0.2, 0) is 0 Å². The molecule has 158 valence electrons. The summed E-state index contributed by atoms with van der Waals surface area (Å²) in [7, 11) is 0. The summed E-state index contributed by atoms with van der Waals surface area (Å²) in [5, 5.41) is 11.2. The SMILES string of the molecule is O=C(Nc1cccc2nn3c(C4CCNCC4)cc(=O)[nH]c3c12)c1ccc(F)cc1F. The van der Waals surface area contributed by atoms with Gasteiger partial charge in [-0.25, -0.2) is 13.3 Å². The maximum absolute atomic E-state index is 14.1. The van der Waals surface area contributed by atoms with Crippen molar-refractivity contribution in [2.45, 2.75) is 18.8 Å². The Morgan fingerprint density at radius 1 is 1.13 bits per heavy atom. The third-order valence-electron chi connectivity index (χ3n) is 5.65. The molecule has 0 saturated carbocycles. The van der Waals surface area contributed by atoms with E-state index in [4.69, 9.17) is 0 Å². The van der Waals surface area contributed by atoms with E-state index in [0.717, 1.165) is 43.8 Å². The van der Waals surface area contributed by atoms with Crippen LogP contribution in [0.2, 0.25) is 0 Å². The van der Waals surface area contributed by atoms with Crippen molar-refractivity contribution in [2.75, 3.05) is 18.4 Å². The summed E-state index contributed by atoms with van der Waals surface area (Å²) in [6.45, 7) is 1.73. The van der Waals surface area contributed by atoms with Crippen LogP contribution in [0.4, 0.5) is 14.5 Å². The van der Waals surface area contributed by atoms with Gasteiger partial charge in [-0.2, -0.15) is 5.10 Å². The molecule has 0 atom stereocenters. The number of H-pyrrole nitrogens is 1. The molecule has 3 N–H and O–H groups in total. The van der Waals surface area contributed by atoms with Gasteiger partial charge in [0.25, 0.3) is 11.5 Å². The molecule has 1 fully saturated rings. The van der Waals surface area contributed by atoms with Crippen molar-refractivity contribution in [3.8, 4) is 0 Å². The van der Waals surface area contributed by atoms with Crippen LogP contribution in [0.1, 0.15) is 34.8 Å². The van der Waals surface area contributed by atoms with Gasteiger partial charge in [0.15, 0.2) is 0 Å². The average molecular weight is 423 g/mol. The molecule has 0 spiro atoms. The van der Waals surface area contributed by atoms with Crippen LogP contribution in [0, 0.1) is 11.6 Å². The van der Waals surface area contributed by atoms with E-state index >= 15 is 0 Å². The first-order chi connectivity index (χ1) is 15.0. The Morgan fingerprint density at radius 2 is 1.94 bits per heavy atom. The van der Waals surface area contributed by atoms with Crippen molar-refractivity contribution in [3.63, 3.8) is 0 Å². The highest BCUT2D eigenvalue weighted by atomic mass is 19.1. The maximum Gasteiger partial charge on any atom is 0.258 e. The Morgan fingerprint density at radius 3 is 2.71 bits per heavy atom. The molecular weight excluding hydrogens is 404 g/mol. The first-order valence-corrected chi connectivity index (χ1v) is 10.0. The van der Waals surface area contributed by atoms with Crippen LogP contribution in [0.25, 0.3) is 16.6 Å². The Labute approximate surface area is 175 Å². The molecule has 1 aliphatic rings. The number of piperidine rings is 1. The molecule has 2 aromatic carbocycles. The molecule has 1 saturated heterocycles. The fourth-order valence-corrected chi connectivity index (χ4v) is 4.16. The highest BCUT2D eigenvalue weighted by Gasteiger charge is 2.22. The van der Waals surface area contributed by atoms with Gasteiger partial charge in [-0.05, 0) is 50.2 Å². The minimum absolute atomic E-state index is 0.187. The number of hydrogen-bond acceptors (Lipinski definition) is 4. The summed E-state index contributed by atoms with van der Waals surface area (Å²) < 4.78 is 29.0. The van der Waals surface area contributed by atoms with Gasteiger partial charge in [0.1, 0.15) is 17.3 Å². The second-order valence-corrected chi connectivity index (χ2v) is 7.62. The lowest BCUT2D eigenvalue weighted by Gasteiger charge is -2.23. The third-order valence-corrected chi connectivity index (χ3v) is 5.65. The van der Waals surface area contributed by atoms with Gasteiger partial charge in [-0.15, -0.1) is 0 Å². The zero-order chi connectivity index (χ0) is 21.5. The number of fused-ring (bicyclic) bond motifs is 3. The van der Waals surface area contributed by atoms with Crippen molar-refractivity contribution >= 4 is 28.1 Å². The molecule has 0 aliphatic carbocycles. The second-order valence-electron chi connectivity index (χ2n) is 7.62. The van der Waals surface area contributed by atoms with E-state index in [2.05, 4.69) is 20.7 Å². The molecule has 0 bridgehead atoms. The lowest BCUT2D eigenvalue weighted by atomic mass is 9.94. The number of nitrogens with zero attached hydrogens (tertiary/aromatic N) is 2. The number of halogens is 2. The van der Waals surface area contributed by atoms with E-state index in [9.17, 15) is 18.4 Å². The highest BCUT2D eigenvalue weighted by Crippen LogP contribution is 2.30. The van der Waals surface area contributed by atoms with Gasteiger partial charge in [-0.3, -0.25) is 9.59 Å². The molecule has 5 rings (SSSR count). The third kappa shape index (κ3) is 3.46. The zero-order valence-electron chi connectivity index (χ0n) is 16.4. The number of hydrogen-bond donors (Lipinski definition) is 3. The van der Waals surface area contributed by atoms with Crippen LogP contribution in [0.15, 0.2) is 47.3 Å². The van der Waals surface area contributed by atoms with Crippen molar-refractivity contribution in [3.05, 3.63) is 75.7 Å². The Bertz CT molecular complexity index is 1370. The fraction of sp³-hybridized carbons (Fsp3) is 0.227. The Balaban J connectivity index is 1.63. The van der Waals surface area contributed by atoms with Crippen LogP contribution >= 0.6 is 0 Å². The lowest BCUT2D eigenvalue weighted by Crippen LogP contribution is -2.28. The molecular formula is C22H19F2N5O2. The Kier molecular flexibility index (Phi) is 4.74. The van der Waals surface area contributed by atoms with E-state index in [1.165, 1.54) is 0 Å². The molecule has 2 aromatic heterocycles. The molecule has 4 aromatic rings. The summed E-state index contributed by atoms with van der Waals surface area (Å²) in [6.07, 6.45) is 1.78. The van der Waals surface area contributed by atoms with Crippen molar-refractivity contribution in [1.29, 1.82) is 0 Å². The smallest absolute Gasteiger partial charge is 0.258 e. The Hall–Kier alpha value is -3.59. The minimum atomic E-state index is -0.953. The molecule has 1 aliphatic heterocycles. The molecule has 0 unspecified atom stereocenters. The van der Waals surface area contributed by atoms with Gasteiger partial charge < -0.3 is 15.6 Å². The number of rotatable bonds is 3. The normalized spacial score (nSPS) is 14.9. The number of carbonyl (C=O) groups is 1. The van der Waals surface area contributed by atoms with E-state index < -0.39 is 17.5 Å². The molecule has 9 heteroatoms. The maximum atomic E-state index is 14.1. The summed E-state index contributed by atoms with van der Waals surface area (Å²) in [6, 6.07) is 9.49. The number of amides is 1. The largest absolute Gasteiger partial charge is 0.321 e. The molecule has 0 radical (unpaired) electrons. The van der Waals surface area contributed by atoms with E-state index in [1.54, 1.807) is 28.8 Å². The van der Waals surface area contributed by atoms with Gasteiger partial charge in [0.2, 0.25) is 0 Å². The first-order valence-electron chi connectivity index (χ1n) is 10.0. The first kappa shape index (κ1) is 19.4. The summed E-state index contributed by atoms with van der Waals surface area (Å²) in [5.41, 5.74) is 1.70. The number of aromatic nitrogens is 3. The summed E-state index contributed by atoms with van der Waals surface area (Å²) >= 11 is 0. The standard InChI is InChI=1S/C22H19F2N5O2/c23-13-4-5-14(15(24)10-13)22(31)26-16-2-1-3-17-20(16)21-27-19(30)11-18(29(21)28-17)12-6-8-25-9-7-12/h1-5,10-12,25H,6-9H2,(H,26,31)(H,27,30). The molecule has 31 heavy (non-hydrogen) atoms. The number of benzene rings is 2. The number of anilines is 1. The second kappa shape index (κ2) is 7.59. The average Bonchev–Trinajstić information content (AvgIpc) is 3.13. The predicted octanol–water partition coefficient (Wildman–Crippen LogP) is 3.17. The number of carbonyl (C=O) groups excluding carboxylic acids is 1. The molecule has 1 amide bonds. The minimum Gasteiger partial charge on any atom is -0.321 e. The fourth-order valence-electron chi connectivity index (χ4n) is 4.16. The van der Waals surface area contributed by atoms with Gasteiger partial charge in [0.05, 0.1) is 27.8 Å². The quantitative estimate of drug-likeness (QED) is 0.472. The van der Waals surface area contributed by atoms with Gasteiger partial charge in [0, 0.05) is 18.1 Å². The predicted molar refractivity (Wildman–Crippen MR) is 112 cm³/mol. The van der Waals surface area contributed by atoms with Crippen molar-refractivity contribution in [2.24, 2.45) is 0 Å². The van der Waals surface area contributed by atoms with Crippen LogP contribution < -0.4 is 16.2 Å². The zero-order valence-corrected chi connectivity index (χ0v) is 16.4. The summed E-state index contributed by atoms with van der Waals surface area (Å²) in [5.74, 6) is -2.25. The highest BCUT2D eigenvalue weighted by molar-refractivity contribution is 6.12. The monoisotopic (exact) mass is 423 g/mol. The lowest BCUT2D eigenvalue weighted by molar-refractivity contribution is 0.102. The van der Waals surface area contributed by atoms with Crippen molar-refractivity contribution < 1.29 is 13.6 Å². The molecule has 7 nitrogen and oxygen atoms in total. The topological polar surface area (TPSA) is 91.3 Å². The number of nitrogens with one attached hydrogen (secondary N) is 3. The number of aromatic amines is 1. The molecule has 3 heterocycles. The van der Waals surface area contributed by atoms with Crippen LogP contribution in [0.5, 0.6) is 0 Å². The van der Waals surface area contributed by atoms with Gasteiger partial charge >= 0.3 is 0 Å². The van der Waals surface area contributed by atoms with E-state index in [0.29, 0.717) is 28.3 Å². The van der Waals surface area contributed by atoms with Gasteiger partial charge in [-0.1, -0.05) is 6.07 Å². The van der Waals surface area contributed by atoms with E-state index in [1.807, 2.05) is 0 Å².